The number of nitrogens with zero attached hydrogens (tertiary/aromatic N) is 4. The normalized spacial score (nSPS) is 18.5. The van der Waals surface area contributed by atoms with Gasteiger partial charge < -0.3 is 20.9 Å². The van der Waals surface area contributed by atoms with Gasteiger partial charge in [-0.25, -0.2) is 0 Å². The van der Waals surface area contributed by atoms with Crippen LogP contribution in [-0.4, -0.2) is 69.6 Å². The number of carbonyl (C=O) groups is 2. The topological polar surface area (TPSA) is 104 Å². The van der Waals surface area contributed by atoms with Crippen LogP contribution in [0.5, 0.6) is 0 Å². The Kier molecular flexibility index (Phi) is 12.2. The van der Waals surface area contributed by atoms with E-state index in [0.717, 1.165) is 35.5 Å². The van der Waals surface area contributed by atoms with E-state index in [0.29, 0.717) is 48.4 Å². The summed E-state index contributed by atoms with van der Waals surface area (Å²) in [5, 5.41) is 13.0. The average molecular weight is 646 g/mol. The molecule has 8 nitrogen and oxygen atoms in total. The van der Waals surface area contributed by atoms with E-state index in [1.807, 2.05) is 34.1 Å². The molecule has 0 aliphatic carbocycles. The largest absolute Gasteiger partial charge is 0.360 e. The van der Waals surface area contributed by atoms with Gasteiger partial charge in [0.25, 0.3) is 0 Å². The first-order valence-electron chi connectivity index (χ1n) is 15.0. The van der Waals surface area contributed by atoms with Crippen LogP contribution in [-0.2, 0) is 16.0 Å². The number of piperazine rings is 1. The SMILES string of the molecule is CC(C)C[C@@H]1CN(C(=O)[C@H](N)Cc2ccc(Cl)cc2Cl)[C@@H](CCCNc2nncs2)CN1C(=O)CC(C)c1ccccc1. The molecule has 3 aromatic rings. The summed E-state index contributed by atoms with van der Waals surface area (Å²) in [6.45, 7) is 8.04. The average Bonchev–Trinajstić information content (AvgIpc) is 3.50. The van der Waals surface area contributed by atoms with E-state index in [1.54, 1.807) is 17.6 Å². The fourth-order valence-electron chi connectivity index (χ4n) is 5.80. The minimum atomic E-state index is -0.763. The molecule has 0 spiro atoms. The van der Waals surface area contributed by atoms with Crippen molar-refractivity contribution in [2.45, 2.75) is 76.9 Å². The minimum Gasteiger partial charge on any atom is -0.360 e. The number of nitrogens with two attached hydrogens (primary N) is 1. The standard InChI is InChI=1S/C32H42Cl2N6O2S/c1-21(2)14-27-19-40(31(42)29(35)16-24-11-12-25(33)17-28(24)34)26(10-7-13-36-32-38-37-20-43-32)18-39(27)30(41)15-22(3)23-8-5-4-6-9-23/h4-6,8-9,11-12,17,20-22,26-27,29H,7,10,13-16,18-19,35H2,1-3H3,(H,36,38)/t22?,26-,27+,29+/m0/s1. The highest BCUT2D eigenvalue weighted by molar-refractivity contribution is 7.13. The summed E-state index contributed by atoms with van der Waals surface area (Å²) in [6.07, 6.45) is 3.05. The Labute approximate surface area is 268 Å². The lowest BCUT2D eigenvalue weighted by Crippen LogP contribution is -2.63. The van der Waals surface area contributed by atoms with E-state index in [9.17, 15) is 9.59 Å². The smallest absolute Gasteiger partial charge is 0.240 e. The lowest BCUT2D eigenvalue weighted by molar-refractivity contribution is -0.148. The second kappa shape index (κ2) is 15.8. The Morgan fingerprint density at radius 2 is 1.81 bits per heavy atom. The Hall–Kier alpha value is -2.72. The van der Waals surface area contributed by atoms with Crippen molar-refractivity contribution in [1.29, 1.82) is 0 Å². The van der Waals surface area contributed by atoms with Crippen LogP contribution in [0.2, 0.25) is 10.0 Å². The van der Waals surface area contributed by atoms with Gasteiger partial charge in [-0.05, 0) is 60.8 Å². The molecular weight excluding hydrogens is 603 g/mol. The van der Waals surface area contributed by atoms with Gasteiger partial charge in [0.1, 0.15) is 5.51 Å². The molecule has 0 radical (unpaired) electrons. The molecule has 4 atom stereocenters. The molecule has 11 heteroatoms. The van der Waals surface area contributed by atoms with Crippen molar-refractivity contribution in [2.24, 2.45) is 11.7 Å². The summed E-state index contributed by atoms with van der Waals surface area (Å²) in [5.41, 5.74) is 10.2. The van der Waals surface area contributed by atoms with Crippen LogP contribution < -0.4 is 11.1 Å². The third-order valence-electron chi connectivity index (χ3n) is 8.02. The number of amides is 2. The predicted molar refractivity (Wildman–Crippen MR) is 176 cm³/mol. The molecule has 1 aromatic heterocycles. The van der Waals surface area contributed by atoms with Crippen molar-refractivity contribution in [1.82, 2.24) is 20.0 Å². The second-order valence-corrected chi connectivity index (χ2v) is 13.5. The van der Waals surface area contributed by atoms with Crippen molar-refractivity contribution < 1.29 is 9.59 Å². The summed E-state index contributed by atoms with van der Waals surface area (Å²) in [6, 6.07) is 14.4. The van der Waals surface area contributed by atoms with Gasteiger partial charge in [-0.15, -0.1) is 10.2 Å². The highest BCUT2D eigenvalue weighted by atomic mass is 35.5. The fraction of sp³-hybridized carbons (Fsp3) is 0.500. The molecule has 1 saturated heterocycles. The lowest BCUT2D eigenvalue weighted by atomic mass is 9.92. The Morgan fingerprint density at radius 1 is 1.07 bits per heavy atom. The highest BCUT2D eigenvalue weighted by Crippen LogP contribution is 2.29. The first kappa shape index (κ1) is 33.2. The van der Waals surface area contributed by atoms with E-state index in [1.165, 1.54) is 11.3 Å². The third-order valence-corrected chi connectivity index (χ3v) is 9.25. The number of aromatic nitrogens is 2. The second-order valence-electron chi connectivity index (χ2n) is 11.8. The molecule has 1 unspecified atom stereocenters. The van der Waals surface area contributed by atoms with Gasteiger partial charge in [0.05, 0.1) is 6.04 Å². The van der Waals surface area contributed by atoms with Gasteiger partial charge in [0.15, 0.2) is 0 Å². The van der Waals surface area contributed by atoms with Gasteiger partial charge in [0, 0.05) is 48.2 Å². The van der Waals surface area contributed by atoms with Crippen LogP contribution >= 0.6 is 34.5 Å². The predicted octanol–water partition coefficient (Wildman–Crippen LogP) is 6.25. The maximum absolute atomic E-state index is 14.0. The first-order valence-corrected chi connectivity index (χ1v) is 16.6. The van der Waals surface area contributed by atoms with E-state index in [-0.39, 0.29) is 29.8 Å². The molecule has 1 aliphatic heterocycles. The van der Waals surface area contributed by atoms with E-state index >= 15 is 0 Å². The maximum atomic E-state index is 14.0. The van der Waals surface area contributed by atoms with E-state index in [2.05, 4.69) is 48.4 Å². The number of nitrogens with one attached hydrogen (secondary N) is 1. The van der Waals surface area contributed by atoms with Crippen LogP contribution in [0.4, 0.5) is 5.13 Å². The van der Waals surface area contributed by atoms with Crippen molar-refractivity contribution in [3.8, 4) is 0 Å². The van der Waals surface area contributed by atoms with Crippen LogP contribution in [0.3, 0.4) is 0 Å². The zero-order valence-corrected chi connectivity index (χ0v) is 27.4. The molecule has 0 saturated carbocycles. The molecule has 232 valence electrons. The lowest BCUT2D eigenvalue weighted by Gasteiger charge is -2.48. The molecule has 2 heterocycles. The van der Waals surface area contributed by atoms with Gasteiger partial charge >= 0.3 is 0 Å². The van der Waals surface area contributed by atoms with Crippen molar-refractivity contribution in [3.63, 3.8) is 0 Å². The van der Waals surface area contributed by atoms with Gasteiger partial charge in [-0.3, -0.25) is 9.59 Å². The number of rotatable bonds is 13. The number of hydrogen-bond donors (Lipinski definition) is 2. The number of hydrogen-bond acceptors (Lipinski definition) is 7. The highest BCUT2D eigenvalue weighted by Gasteiger charge is 2.40. The molecule has 4 rings (SSSR count). The van der Waals surface area contributed by atoms with Crippen LogP contribution in [0.25, 0.3) is 0 Å². The summed E-state index contributed by atoms with van der Waals surface area (Å²) in [5.74, 6) is 0.466. The minimum absolute atomic E-state index is 0.0819. The van der Waals surface area contributed by atoms with Crippen molar-refractivity contribution in [3.05, 3.63) is 75.2 Å². The summed E-state index contributed by atoms with van der Waals surface area (Å²) >= 11 is 13.9. The monoisotopic (exact) mass is 644 g/mol. The molecule has 1 fully saturated rings. The van der Waals surface area contributed by atoms with E-state index in [4.69, 9.17) is 28.9 Å². The zero-order chi connectivity index (χ0) is 30.9. The van der Waals surface area contributed by atoms with Gasteiger partial charge in [-0.2, -0.15) is 0 Å². The first-order chi connectivity index (χ1) is 20.6. The molecule has 2 aromatic carbocycles. The number of carbonyl (C=O) groups excluding carboxylic acids is 2. The zero-order valence-electron chi connectivity index (χ0n) is 25.1. The molecule has 0 bridgehead atoms. The molecule has 3 N–H and O–H groups in total. The van der Waals surface area contributed by atoms with Gasteiger partial charge in [-0.1, -0.05) is 91.7 Å². The Morgan fingerprint density at radius 3 is 2.49 bits per heavy atom. The summed E-state index contributed by atoms with van der Waals surface area (Å²) < 4.78 is 0. The number of benzene rings is 2. The molecule has 43 heavy (non-hydrogen) atoms. The van der Waals surface area contributed by atoms with Gasteiger partial charge in [0.2, 0.25) is 16.9 Å². The molecule has 2 amide bonds. The van der Waals surface area contributed by atoms with Crippen molar-refractivity contribution >= 4 is 51.5 Å². The Bertz CT molecular complexity index is 1330. The number of anilines is 1. The third kappa shape index (κ3) is 9.38. The molecular formula is C32H42Cl2N6O2S. The van der Waals surface area contributed by atoms with E-state index < -0.39 is 6.04 Å². The fourth-order valence-corrected chi connectivity index (χ4v) is 6.76. The van der Waals surface area contributed by atoms with Crippen LogP contribution in [0, 0.1) is 5.92 Å². The summed E-state index contributed by atoms with van der Waals surface area (Å²) in [4.78, 5) is 31.8. The summed E-state index contributed by atoms with van der Waals surface area (Å²) in [7, 11) is 0. The van der Waals surface area contributed by atoms with Crippen LogP contribution in [0.15, 0.2) is 54.0 Å². The maximum Gasteiger partial charge on any atom is 0.240 e. The quantitative estimate of drug-likeness (QED) is 0.213. The molecule has 1 aliphatic rings. The van der Waals surface area contributed by atoms with Crippen LogP contribution in [0.1, 0.15) is 63.5 Å². The van der Waals surface area contributed by atoms with Crippen molar-refractivity contribution in [2.75, 3.05) is 25.0 Å². The number of halogens is 2. The Balaban J connectivity index is 1.52.